The number of carbonyl (C=O) groups excluding carboxylic acids is 2. The second-order valence-electron chi connectivity index (χ2n) is 8.50. The van der Waals surface area contributed by atoms with Crippen LogP contribution in [0.4, 0.5) is 5.82 Å². The highest BCUT2D eigenvalue weighted by molar-refractivity contribution is 5.95. The number of carbonyl (C=O) groups is 2. The van der Waals surface area contributed by atoms with Crippen LogP contribution in [0.25, 0.3) is 11.4 Å². The van der Waals surface area contributed by atoms with Gasteiger partial charge in [-0.3, -0.25) is 9.59 Å². The van der Waals surface area contributed by atoms with Gasteiger partial charge in [-0.25, -0.2) is 15.0 Å². The van der Waals surface area contributed by atoms with Crippen LogP contribution < -0.4 is 15.8 Å². The van der Waals surface area contributed by atoms with Gasteiger partial charge in [-0.05, 0) is 56.0 Å². The molecule has 4 rings (SSSR count). The lowest BCUT2D eigenvalue weighted by Crippen LogP contribution is -2.32. The van der Waals surface area contributed by atoms with Crippen LogP contribution in [-0.4, -0.2) is 57.9 Å². The smallest absolute Gasteiger partial charge is 0.254 e. The Kier molecular flexibility index (Phi) is 7.01. The van der Waals surface area contributed by atoms with Crippen molar-refractivity contribution in [1.82, 2.24) is 19.9 Å². The minimum absolute atomic E-state index is 0.0241. The number of aromatic nitrogens is 3. The Morgan fingerprint density at radius 1 is 1.03 bits per heavy atom. The quantitative estimate of drug-likeness (QED) is 0.555. The number of amides is 2. The number of nitrogens with zero attached hydrogens (tertiary/aromatic N) is 4. The zero-order valence-electron chi connectivity index (χ0n) is 19.3. The summed E-state index contributed by atoms with van der Waals surface area (Å²) in [6.45, 7) is 0. The molecular formula is C25H28N6O3. The van der Waals surface area contributed by atoms with E-state index in [0.717, 1.165) is 37.1 Å². The van der Waals surface area contributed by atoms with Crippen molar-refractivity contribution < 1.29 is 14.3 Å². The summed E-state index contributed by atoms with van der Waals surface area (Å²) in [6.07, 6.45) is 6.69. The molecule has 9 heteroatoms. The molecule has 1 aliphatic rings. The van der Waals surface area contributed by atoms with Gasteiger partial charge in [0.15, 0.2) is 5.82 Å². The van der Waals surface area contributed by atoms with Crippen molar-refractivity contribution in [2.24, 2.45) is 5.73 Å². The minimum Gasteiger partial charge on any atom is -0.474 e. The summed E-state index contributed by atoms with van der Waals surface area (Å²) in [5.74, 6) is 0.976. The Morgan fingerprint density at radius 2 is 1.82 bits per heavy atom. The van der Waals surface area contributed by atoms with E-state index < -0.39 is 5.91 Å². The van der Waals surface area contributed by atoms with Crippen molar-refractivity contribution in [2.45, 2.75) is 37.8 Å². The van der Waals surface area contributed by atoms with Crippen molar-refractivity contribution >= 4 is 17.6 Å². The van der Waals surface area contributed by atoms with Gasteiger partial charge in [0.1, 0.15) is 17.5 Å². The second-order valence-corrected chi connectivity index (χ2v) is 8.50. The van der Waals surface area contributed by atoms with Gasteiger partial charge >= 0.3 is 0 Å². The first-order valence-corrected chi connectivity index (χ1v) is 11.2. The molecule has 2 amide bonds. The van der Waals surface area contributed by atoms with Gasteiger partial charge in [-0.2, -0.15) is 0 Å². The number of pyridine rings is 1. The van der Waals surface area contributed by atoms with E-state index >= 15 is 0 Å². The fourth-order valence-electron chi connectivity index (χ4n) is 3.99. The fraction of sp³-hybridized carbons (Fsp3) is 0.320. The van der Waals surface area contributed by atoms with Gasteiger partial charge < -0.3 is 20.7 Å². The lowest BCUT2D eigenvalue weighted by atomic mass is 9.93. The number of nitrogens with two attached hydrogens (primary N) is 1. The van der Waals surface area contributed by atoms with E-state index in [1.165, 1.54) is 0 Å². The highest BCUT2D eigenvalue weighted by Crippen LogP contribution is 2.27. The van der Waals surface area contributed by atoms with Gasteiger partial charge in [-0.15, -0.1) is 0 Å². The number of hydrogen-bond donors (Lipinski definition) is 2. The Bertz CT molecular complexity index is 1170. The number of primary amides is 1. The number of anilines is 1. The van der Waals surface area contributed by atoms with Gasteiger partial charge in [0.05, 0.1) is 0 Å². The maximum absolute atomic E-state index is 12.3. The predicted molar refractivity (Wildman–Crippen MR) is 129 cm³/mol. The van der Waals surface area contributed by atoms with Gasteiger partial charge in [0, 0.05) is 43.7 Å². The Labute approximate surface area is 198 Å². The molecule has 0 atom stereocenters. The third kappa shape index (κ3) is 5.48. The number of benzene rings is 1. The van der Waals surface area contributed by atoms with E-state index in [1.54, 1.807) is 49.6 Å². The summed E-state index contributed by atoms with van der Waals surface area (Å²) in [6, 6.07) is 12.7. The molecule has 0 unspecified atom stereocenters. The normalized spacial score (nSPS) is 17.6. The largest absolute Gasteiger partial charge is 0.474 e. The summed E-state index contributed by atoms with van der Waals surface area (Å²) < 4.78 is 5.97. The highest BCUT2D eigenvalue weighted by Gasteiger charge is 2.24. The third-order valence-corrected chi connectivity index (χ3v) is 5.77. The molecule has 34 heavy (non-hydrogen) atoms. The molecule has 9 nitrogen and oxygen atoms in total. The zero-order chi connectivity index (χ0) is 24.1. The van der Waals surface area contributed by atoms with Crippen molar-refractivity contribution in [3.63, 3.8) is 0 Å². The van der Waals surface area contributed by atoms with E-state index in [4.69, 9.17) is 10.5 Å². The summed E-state index contributed by atoms with van der Waals surface area (Å²) in [5.41, 5.74) is 7.10. The molecule has 1 saturated carbocycles. The number of nitrogens with one attached hydrogen (secondary N) is 1. The summed E-state index contributed by atoms with van der Waals surface area (Å²) >= 11 is 0. The molecule has 1 fully saturated rings. The average molecular weight is 461 g/mol. The van der Waals surface area contributed by atoms with Crippen molar-refractivity contribution in [3.05, 3.63) is 66.0 Å². The molecule has 2 aromatic heterocycles. The van der Waals surface area contributed by atoms with Crippen LogP contribution in [0.15, 0.2) is 54.9 Å². The first-order valence-electron chi connectivity index (χ1n) is 11.2. The minimum atomic E-state index is -0.547. The van der Waals surface area contributed by atoms with Gasteiger partial charge in [-0.1, -0.05) is 12.1 Å². The molecule has 0 saturated heterocycles. The molecular weight excluding hydrogens is 432 g/mol. The molecule has 1 aliphatic carbocycles. The lowest BCUT2D eigenvalue weighted by molar-refractivity contribution is 0.0827. The zero-order valence-corrected chi connectivity index (χ0v) is 19.3. The first kappa shape index (κ1) is 23.2. The van der Waals surface area contributed by atoms with Crippen LogP contribution in [0.2, 0.25) is 0 Å². The molecule has 0 spiro atoms. The fourth-order valence-corrected chi connectivity index (χ4v) is 3.99. The van der Waals surface area contributed by atoms with E-state index in [2.05, 4.69) is 20.3 Å². The molecule has 176 valence electrons. The topological polar surface area (TPSA) is 123 Å². The molecule has 3 N–H and O–H groups in total. The molecule has 2 heterocycles. The number of ether oxygens (including phenoxy) is 1. The van der Waals surface area contributed by atoms with Crippen LogP contribution in [0.1, 0.15) is 46.4 Å². The Hall–Kier alpha value is -4.01. The predicted octanol–water partition coefficient (Wildman–Crippen LogP) is 3.14. The molecule has 0 bridgehead atoms. The van der Waals surface area contributed by atoms with Crippen LogP contribution in [0.3, 0.4) is 0 Å². The molecule has 3 aromatic rings. The van der Waals surface area contributed by atoms with Crippen LogP contribution in [-0.2, 0) is 0 Å². The van der Waals surface area contributed by atoms with Crippen LogP contribution in [0, 0.1) is 0 Å². The van der Waals surface area contributed by atoms with E-state index in [1.807, 2.05) is 24.3 Å². The average Bonchev–Trinajstić information content (AvgIpc) is 2.85. The van der Waals surface area contributed by atoms with Gasteiger partial charge in [0.25, 0.3) is 11.8 Å². The summed E-state index contributed by atoms with van der Waals surface area (Å²) in [5, 5.41) is 3.49. The Balaban J connectivity index is 1.37. The van der Waals surface area contributed by atoms with Crippen molar-refractivity contribution in [1.29, 1.82) is 0 Å². The van der Waals surface area contributed by atoms with E-state index in [-0.39, 0.29) is 18.1 Å². The maximum atomic E-state index is 12.3. The molecule has 1 aromatic carbocycles. The van der Waals surface area contributed by atoms with E-state index in [0.29, 0.717) is 22.8 Å². The lowest BCUT2D eigenvalue weighted by Gasteiger charge is -2.29. The van der Waals surface area contributed by atoms with Crippen molar-refractivity contribution in [3.8, 4) is 17.3 Å². The standard InChI is InChI=1S/C25H28N6O3/c1-31(2)25(33)17-6-3-5-16(15-17)23-27-14-12-21(30-23)29-18-8-10-19(11-9-18)34-24-20(22(26)32)7-4-13-28-24/h3-7,12-15,18-19H,8-11H2,1-2H3,(H2,26,32)(H,27,29,30)/t18-,19-. The van der Waals surface area contributed by atoms with Gasteiger partial charge in [0.2, 0.25) is 5.88 Å². The number of rotatable bonds is 7. The monoisotopic (exact) mass is 460 g/mol. The summed E-state index contributed by atoms with van der Waals surface area (Å²) in [7, 11) is 3.45. The van der Waals surface area contributed by atoms with Crippen LogP contribution >= 0.6 is 0 Å². The second kappa shape index (κ2) is 10.3. The van der Waals surface area contributed by atoms with Crippen LogP contribution in [0.5, 0.6) is 5.88 Å². The van der Waals surface area contributed by atoms with Crippen molar-refractivity contribution in [2.75, 3.05) is 19.4 Å². The molecule has 0 aliphatic heterocycles. The SMILES string of the molecule is CN(C)C(=O)c1cccc(-c2nccc(N[C@H]3CC[C@H](Oc4ncccc4C(N)=O)CC3)n2)c1. The number of hydrogen-bond acceptors (Lipinski definition) is 7. The highest BCUT2D eigenvalue weighted by atomic mass is 16.5. The molecule has 0 radical (unpaired) electrons. The summed E-state index contributed by atoms with van der Waals surface area (Å²) in [4.78, 5) is 38.6. The Morgan fingerprint density at radius 3 is 2.56 bits per heavy atom. The third-order valence-electron chi connectivity index (χ3n) is 5.77. The van der Waals surface area contributed by atoms with E-state index in [9.17, 15) is 9.59 Å². The first-order chi connectivity index (χ1) is 16.4. The maximum Gasteiger partial charge on any atom is 0.254 e.